The number of hydrogen-bond donors (Lipinski definition) is 6. The Bertz CT molecular complexity index is 1470. The quantitative estimate of drug-likeness (QED) is 0.245. The van der Waals surface area contributed by atoms with Gasteiger partial charge in [0, 0.05) is 38.9 Å². The van der Waals surface area contributed by atoms with Crippen molar-refractivity contribution in [1.82, 2.24) is 0 Å². The van der Waals surface area contributed by atoms with Gasteiger partial charge in [0.2, 0.25) is 5.75 Å². The van der Waals surface area contributed by atoms with Crippen LogP contribution in [0.1, 0.15) is 58.7 Å². The van der Waals surface area contributed by atoms with Gasteiger partial charge in [-0.1, -0.05) is 0 Å². The zero-order valence-corrected chi connectivity index (χ0v) is 18.3. The van der Waals surface area contributed by atoms with Crippen LogP contribution in [0.15, 0.2) is 24.3 Å². The number of phenols is 5. The van der Waals surface area contributed by atoms with E-state index in [0.717, 1.165) is 0 Å². The lowest BCUT2D eigenvalue weighted by Crippen LogP contribution is -2.40. The minimum Gasteiger partial charge on any atom is -0.507 e. The smallest absolute Gasteiger partial charge is 0.201 e. The van der Waals surface area contributed by atoms with Crippen molar-refractivity contribution in [2.45, 2.75) is 32.5 Å². The third kappa shape index (κ3) is 2.47. The molecule has 1 heterocycles. The third-order valence-electron chi connectivity index (χ3n) is 6.54. The summed E-state index contributed by atoms with van der Waals surface area (Å²) in [7, 11) is 0. The molecule has 0 fully saturated rings. The molecule has 9 heteroatoms. The molecule has 0 unspecified atom stereocenters. The number of phenolic OH excluding ortho intramolecular Hbond substituents is 5. The summed E-state index contributed by atoms with van der Waals surface area (Å²) in [5, 5.41) is 65.3. The number of ether oxygens (including phenoxy) is 1. The number of hydrogen-bond acceptors (Lipinski definition) is 9. The summed E-state index contributed by atoms with van der Waals surface area (Å²) in [4.78, 5) is 24.8. The Morgan fingerprint density at radius 2 is 1.38 bits per heavy atom. The SMILES string of the molecule is CC(=O)c1ccc(O)c2c1[C@@](C)(O)[C@@H]1Oc3ccc(O)c(C(C)=O)c3-c3c(O)c(O)c(O)c-2c31. The molecule has 1 aliphatic heterocycles. The van der Waals surface area contributed by atoms with E-state index in [1.807, 2.05) is 0 Å². The minimum absolute atomic E-state index is 0.0140. The molecule has 0 spiro atoms. The third-order valence-corrected chi connectivity index (χ3v) is 6.54. The lowest BCUT2D eigenvalue weighted by Gasteiger charge is -2.44. The van der Waals surface area contributed by atoms with Crippen molar-refractivity contribution in [2.24, 2.45) is 0 Å². The Kier molecular flexibility index (Phi) is 4.22. The van der Waals surface area contributed by atoms with Crippen molar-refractivity contribution in [2.75, 3.05) is 0 Å². The van der Waals surface area contributed by atoms with E-state index in [0.29, 0.717) is 0 Å². The molecule has 0 saturated carbocycles. The molecule has 0 aromatic heterocycles. The number of fused-ring (bicyclic) bond motifs is 4. The van der Waals surface area contributed by atoms with E-state index in [9.17, 15) is 40.2 Å². The van der Waals surface area contributed by atoms with E-state index in [1.54, 1.807) is 0 Å². The number of ketones is 2. The van der Waals surface area contributed by atoms with Gasteiger partial charge in [0.25, 0.3) is 0 Å². The average molecular weight is 464 g/mol. The van der Waals surface area contributed by atoms with Crippen molar-refractivity contribution in [1.29, 1.82) is 0 Å². The van der Waals surface area contributed by atoms with E-state index in [2.05, 4.69) is 0 Å². The highest BCUT2D eigenvalue weighted by atomic mass is 16.5. The van der Waals surface area contributed by atoms with E-state index in [-0.39, 0.29) is 50.3 Å². The van der Waals surface area contributed by atoms with Crippen LogP contribution in [0, 0.1) is 0 Å². The van der Waals surface area contributed by atoms with Gasteiger partial charge in [0.15, 0.2) is 29.2 Å². The molecule has 0 saturated heterocycles. The molecule has 3 aromatic rings. The number of benzene rings is 3. The zero-order chi connectivity index (χ0) is 24.9. The van der Waals surface area contributed by atoms with Crippen molar-refractivity contribution in [3.05, 3.63) is 46.5 Å². The molecule has 2 aliphatic rings. The Morgan fingerprint density at radius 3 is 1.97 bits per heavy atom. The van der Waals surface area contributed by atoms with Crippen molar-refractivity contribution < 1.29 is 45.0 Å². The van der Waals surface area contributed by atoms with Crippen LogP contribution >= 0.6 is 0 Å². The van der Waals surface area contributed by atoms with Crippen LogP contribution in [-0.2, 0) is 5.60 Å². The maximum absolute atomic E-state index is 12.4. The number of aromatic hydroxyl groups is 5. The maximum atomic E-state index is 12.4. The van der Waals surface area contributed by atoms with Gasteiger partial charge >= 0.3 is 0 Å². The summed E-state index contributed by atoms with van der Waals surface area (Å²) in [6.45, 7) is 3.83. The molecular weight excluding hydrogens is 444 g/mol. The van der Waals surface area contributed by atoms with E-state index >= 15 is 0 Å². The number of aliphatic hydroxyl groups is 1. The number of Topliss-reactive ketones (excluding diaryl/α,β-unsaturated/α-hetero) is 2. The van der Waals surface area contributed by atoms with Crippen molar-refractivity contribution >= 4 is 11.6 Å². The fraction of sp³-hybridized carbons (Fsp3) is 0.200. The van der Waals surface area contributed by atoms with Crippen LogP contribution in [0.2, 0.25) is 0 Å². The predicted molar refractivity (Wildman–Crippen MR) is 119 cm³/mol. The van der Waals surface area contributed by atoms with Gasteiger partial charge in [0.1, 0.15) is 22.8 Å². The Labute approximate surface area is 192 Å². The normalized spacial score (nSPS) is 19.5. The molecule has 34 heavy (non-hydrogen) atoms. The summed E-state index contributed by atoms with van der Waals surface area (Å²) >= 11 is 0. The molecule has 0 amide bonds. The van der Waals surface area contributed by atoms with Gasteiger partial charge < -0.3 is 35.4 Å². The summed E-state index contributed by atoms with van der Waals surface area (Å²) in [5.74, 6) is -4.36. The van der Waals surface area contributed by atoms with Gasteiger partial charge in [0.05, 0.1) is 5.56 Å². The first kappa shape index (κ1) is 21.6. The monoisotopic (exact) mass is 464 g/mol. The number of carbonyl (C=O) groups excluding carboxylic acids is 2. The van der Waals surface area contributed by atoms with Crippen molar-refractivity contribution in [3.8, 4) is 56.8 Å². The second kappa shape index (κ2) is 6.64. The fourth-order valence-electron chi connectivity index (χ4n) is 5.15. The lowest BCUT2D eigenvalue weighted by molar-refractivity contribution is -0.0584. The summed E-state index contributed by atoms with van der Waals surface area (Å²) < 4.78 is 6.07. The second-order valence-electron chi connectivity index (χ2n) is 8.68. The minimum atomic E-state index is -1.97. The van der Waals surface area contributed by atoms with Gasteiger partial charge in [-0.3, -0.25) is 9.59 Å². The van der Waals surface area contributed by atoms with Gasteiger partial charge in [-0.25, -0.2) is 0 Å². The second-order valence-corrected chi connectivity index (χ2v) is 8.68. The highest BCUT2D eigenvalue weighted by molar-refractivity contribution is 6.09. The first-order valence-corrected chi connectivity index (χ1v) is 10.3. The van der Waals surface area contributed by atoms with Crippen LogP contribution in [0.3, 0.4) is 0 Å². The van der Waals surface area contributed by atoms with Crippen LogP contribution in [0.5, 0.6) is 34.5 Å². The molecule has 174 valence electrons. The molecule has 0 radical (unpaired) electrons. The first-order valence-electron chi connectivity index (χ1n) is 10.3. The van der Waals surface area contributed by atoms with Crippen LogP contribution in [-0.4, -0.2) is 42.2 Å². The van der Waals surface area contributed by atoms with E-state index in [1.165, 1.54) is 45.0 Å². The van der Waals surface area contributed by atoms with Gasteiger partial charge in [-0.2, -0.15) is 0 Å². The highest BCUT2D eigenvalue weighted by Crippen LogP contribution is 2.65. The van der Waals surface area contributed by atoms with Gasteiger partial charge in [-0.05, 0) is 45.0 Å². The van der Waals surface area contributed by atoms with Gasteiger partial charge in [-0.15, -0.1) is 0 Å². The molecule has 3 aromatic carbocycles. The van der Waals surface area contributed by atoms with E-state index in [4.69, 9.17) is 4.74 Å². The first-order chi connectivity index (χ1) is 15.9. The molecule has 9 nitrogen and oxygen atoms in total. The molecule has 1 aliphatic carbocycles. The van der Waals surface area contributed by atoms with Crippen LogP contribution in [0.4, 0.5) is 0 Å². The van der Waals surface area contributed by atoms with E-state index < -0.39 is 52.0 Å². The Hall–Kier alpha value is -4.24. The topological polar surface area (TPSA) is 165 Å². The average Bonchev–Trinajstić information content (AvgIpc) is 2.76. The van der Waals surface area contributed by atoms with Crippen LogP contribution < -0.4 is 4.74 Å². The standard InChI is InChI=1S/C25H20O9/c1-8(26)10-4-5-12(29)15-17-19-18(22(31)23(32)21(17)30)16-13(7-6-11(28)14(16)9(2)27)34-24(19)25(3,33)20(10)15/h4-7,24,28-33H,1-3H3/t24-,25-/m1/s1. The summed E-state index contributed by atoms with van der Waals surface area (Å²) in [5.41, 5.74) is -2.69. The molecular formula is C25H20O9. The zero-order valence-electron chi connectivity index (χ0n) is 18.3. The highest BCUT2D eigenvalue weighted by Gasteiger charge is 2.52. The summed E-state index contributed by atoms with van der Waals surface area (Å²) in [6.07, 6.45) is -1.33. The number of carbonyl (C=O) groups is 2. The van der Waals surface area contributed by atoms with Crippen LogP contribution in [0.25, 0.3) is 22.3 Å². The predicted octanol–water partition coefficient (Wildman–Crippen LogP) is 3.61. The fourth-order valence-corrected chi connectivity index (χ4v) is 5.15. The Morgan fingerprint density at radius 1 is 0.794 bits per heavy atom. The maximum Gasteiger partial charge on any atom is 0.201 e. The molecule has 0 bridgehead atoms. The molecule has 5 rings (SSSR count). The number of rotatable bonds is 2. The van der Waals surface area contributed by atoms with Crippen molar-refractivity contribution in [3.63, 3.8) is 0 Å². The molecule has 2 atom stereocenters. The summed E-state index contributed by atoms with van der Waals surface area (Å²) in [6, 6.07) is 5.10. The lowest BCUT2D eigenvalue weighted by atomic mass is 9.68. The Balaban J connectivity index is 2.06. The largest absolute Gasteiger partial charge is 0.507 e. The molecule has 6 N–H and O–H groups in total.